The molecule has 3 aromatic rings. The van der Waals surface area contributed by atoms with Crippen LogP contribution in [0.2, 0.25) is 0 Å². The van der Waals surface area contributed by atoms with E-state index >= 15 is 0 Å². The van der Waals surface area contributed by atoms with E-state index in [2.05, 4.69) is 4.99 Å². The maximum absolute atomic E-state index is 12.7. The molecule has 172 valence electrons. The number of nitrogens with zero attached hydrogens (tertiary/aromatic N) is 1. The van der Waals surface area contributed by atoms with Crippen LogP contribution in [0.1, 0.15) is 34.0 Å². The molecule has 0 amide bonds. The highest BCUT2D eigenvalue weighted by Crippen LogP contribution is 2.32. The van der Waals surface area contributed by atoms with Gasteiger partial charge in [-0.2, -0.15) is 0 Å². The summed E-state index contributed by atoms with van der Waals surface area (Å²) in [6.45, 7) is 4.16. The summed E-state index contributed by atoms with van der Waals surface area (Å²) in [5.74, 6) is 0.154. The van der Waals surface area contributed by atoms with Crippen LogP contribution in [0, 0.1) is 6.92 Å². The molecule has 1 aliphatic rings. The number of carbonyl (C=O) groups is 2. The van der Waals surface area contributed by atoms with Gasteiger partial charge in [0.1, 0.15) is 11.3 Å². The number of cyclic esters (lactones) is 1. The van der Waals surface area contributed by atoms with E-state index in [9.17, 15) is 9.59 Å². The van der Waals surface area contributed by atoms with Crippen LogP contribution in [-0.2, 0) is 9.53 Å². The lowest BCUT2D eigenvalue weighted by atomic mass is 10.1. The maximum Gasteiger partial charge on any atom is 0.363 e. The third kappa shape index (κ3) is 4.99. The van der Waals surface area contributed by atoms with Crippen molar-refractivity contribution in [2.24, 2.45) is 4.99 Å². The summed E-state index contributed by atoms with van der Waals surface area (Å²) in [7, 11) is 1.49. The van der Waals surface area contributed by atoms with E-state index in [4.69, 9.17) is 18.9 Å². The molecule has 0 saturated carbocycles. The normalized spacial score (nSPS) is 13.9. The number of para-hydroxylation sites is 1. The van der Waals surface area contributed by atoms with Crippen molar-refractivity contribution in [3.63, 3.8) is 0 Å². The fraction of sp³-hybridized carbons (Fsp3) is 0.148. The van der Waals surface area contributed by atoms with Gasteiger partial charge in [-0.15, -0.1) is 0 Å². The van der Waals surface area contributed by atoms with Crippen molar-refractivity contribution in [1.82, 2.24) is 0 Å². The van der Waals surface area contributed by atoms with Gasteiger partial charge in [0, 0.05) is 5.56 Å². The number of esters is 2. The summed E-state index contributed by atoms with van der Waals surface area (Å²) in [5.41, 5.74) is 2.92. The quantitative estimate of drug-likeness (QED) is 0.283. The van der Waals surface area contributed by atoms with E-state index in [0.29, 0.717) is 29.2 Å². The lowest BCUT2D eigenvalue weighted by molar-refractivity contribution is -0.129. The van der Waals surface area contributed by atoms with Gasteiger partial charge >= 0.3 is 11.9 Å². The number of hydrogen-bond acceptors (Lipinski definition) is 7. The maximum atomic E-state index is 12.7. The zero-order valence-electron chi connectivity index (χ0n) is 19.0. The van der Waals surface area contributed by atoms with Gasteiger partial charge in [-0.1, -0.05) is 35.9 Å². The second-order valence-corrected chi connectivity index (χ2v) is 7.43. The summed E-state index contributed by atoms with van der Waals surface area (Å²) in [4.78, 5) is 29.4. The van der Waals surface area contributed by atoms with Crippen molar-refractivity contribution >= 4 is 23.9 Å². The SMILES string of the molecule is CCOc1cc(/C=C2/N=C(c3ccc(C)cc3)OC2=O)ccc1OC(=O)c1ccccc1OC. The van der Waals surface area contributed by atoms with Gasteiger partial charge in [-0.05, 0) is 61.9 Å². The number of rotatable bonds is 7. The van der Waals surface area contributed by atoms with E-state index in [1.807, 2.05) is 38.1 Å². The lowest BCUT2D eigenvalue weighted by Crippen LogP contribution is -2.11. The Morgan fingerprint density at radius 3 is 2.50 bits per heavy atom. The number of aryl methyl sites for hydroxylation is 1. The molecule has 7 heteroatoms. The van der Waals surface area contributed by atoms with Crippen molar-refractivity contribution in [3.8, 4) is 17.2 Å². The molecule has 3 aromatic carbocycles. The minimum Gasteiger partial charge on any atom is -0.496 e. The van der Waals surface area contributed by atoms with E-state index in [-0.39, 0.29) is 17.3 Å². The summed E-state index contributed by atoms with van der Waals surface area (Å²) in [6.07, 6.45) is 1.60. The Kier molecular flexibility index (Phi) is 6.73. The second kappa shape index (κ2) is 10.0. The van der Waals surface area contributed by atoms with Gasteiger partial charge in [0.2, 0.25) is 5.90 Å². The molecular formula is C27H23NO6. The molecule has 0 N–H and O–H groups in total. The highest BCUT2D eigenvalue weighted by molar-refractivity contribution is 6.12. The molecule has 0 atom stereocenters. The van der Waals surface area contributed by atoms with E-state index in [1.165, 1.54) is 7.11 Å². The zero-order valence-corrected chi connectivity index (χ0v) is 19.0. The standard InChI is InChI=1S/C27H23NO6/c1-4-32-24-16-18(11-14-23(24)33-26(29)20-7-5-6-8-22(20)31-3)15-21-27(30)34-25(28-21)19-12-9-17(2)10-13-19/h5-16H,4H2,1-3H3/b21-15+. The Morgan fingerprint density at radius 1 is 1.00 bits per heavy atom. The fourth-order valence-electron chi connectivity index (χ4n) is 3.32. The van der Waals surface area contributed by atoms with Gasteiger partial charge in [-0.25, -0.2) is 14.6 Å². The summed E-state index contributed by atoms with van der Waals surface area (Å²) in [6, 6.07) is 19.3. The smallest absolute Gasteiger partial charge is 0.363 e. The minimum atomic E-state index is -0.573. The molecule has 1 aliphatic heterocycles. The molecule has 1 heterocycles. The number of carbonyl (C=O) groups excluding carboxylic acids is 2. The van der Waals surface area contributed by atoms with Gasteiger partial charge in [-0.3, -0.25) is 0 Å². The van der Waals surface area contributed by atoms with Crippen molar-refractivity contribution in [2.75, 3.05) is 13.7 Å². The highest BCUT2D eigenvalue weighted by Gasteiger charge is 2.24. The topological polar surface area (TPSA) is 83.4 Å². The predicted octanol–water partition coefficient (Wildman–Crippen LogP) is 4.97. The van der Waals surface area contributed by atoms with Gasteiger partial charge in [0.25, 0.3) is 0 Å². The lowest BCUT2D eigenvalue weighted by Gasteiger charge is -2.12. The molecule has 0 fully saturated rings. The Labute approximate surface area is 197 Å². The average Bonchev–Trinajstić information content (AvgIpc) is 3.21. The molecule has 7 nitrogen and oxygen atoms in total. The molecule has 0 bridgehead atoms. The first-order valence-electron chi connectivity index (χ1n) is 10.7. The van der Waals surface area contributed by atoms with E-state index < -0.39 is 11.9 Å². The van der Waals surface area contributed by atoms with Crippen LogP contribution in [0.4, 0.5) is 0 Å². The predicted molar refractivity (Wildman–Crippen MR) is 127 cm³/mol. The first kappa shape index (κ1) is 22.8. The van der Waals surface area contributed by atoms with Crippen molar-refractivity contribution < 1.29 is 28.5 Å². The molecule has 4 rings (SSSR count). The minimum absolute atomic E-state index is 0.164. The summed E-state index contributed by atoms with van der Waals surface area (Å²) >= 11 is 0. The molecule has 0 radical (unpaired) electrons. The van der Waals surface area contributed by atoms with Crippen LogP contribution >= 0.6 is 0 Å². The molecule has 0 aliphatic carbocycles. The van der Waals surface area contributed by atoms with Crippen LogP contribution in [0.3, 0.4) is 0 Å². The summed E-state index contributed by atoms with van der Waals surface area (Å²) in [5, 5.41) is 0. The number of ether oxygens (including phenoxy) is 4. The Morgan fingerprint density at radius 2 is 1.76 bits per heavy atom. The largest absolute Gasteiger partial charge is 0.496 e. The molecule has 34 heavy (non-hydrogen) atoms. The van der Waals surface area contributed by atoms with Crippen LogP contribution < -0.4 is 14.2 Å². The first-order valence-corrected chi connectivity index (χ1v) is 10.7. The molecule has 0 aromatic heterocycles. The van der Waals surface area contributed by atoms with Crippen LogP contribution in [0.5, 0.6) is 17.2 Å². The molecule has 0 unspecified atom stereocenters. The molecule has 0 saturated heterocycles. The summed E-state index contributed by atoms with van der Waals surface area (Å²) < 4.78 is 21.8. The number of aliphatic imine (C=N–C) groups is 1. The third-order valence-electron chi connectivity index (χ3n) is 5.02. The Bertz CT molecular complexity index is 1290. The van der Waals surface area contributed by atoms with Crippen molar-refractivity contribution in [1.29, 1.82) is 0 Å². The first-order chi connectivity index (χ1) is 16.5. The Hall–Kier alpha value is -4.39. The van der Waals surface area contributed by atoms with Crippen molar-refractivity contribution in [2.45, 2.75) is 13.8 Å². The fourth-order valence-corrected chi connectivity index (χ4v) is 3.32. The van der Waals surface area contributed by atoms with E-state index in [1.54, 1.807) is 48.5 Å². The van der Waals surface area contributed by atoms with Crippen molar-refractivity contribution in [3.05, 3.63) is 94.7 Å². The van der Waals surface area contributed by atoms with Crippen LogP contribution in [0.15, 0.2) is 77.4 Å². The Balaban J connectivity index is 1.60. The van der Waals surface area contributed by atoms with E-state index in [0.717, 1.165) is 11.1 Å². The number of methoxy groups -OCH3 is 1. The highest BCUT2D eigenvalue weighted by atomic mass is 16.6. The van der Waals surface area contributed by atoms with Crippen LogP contribution in [0.25, 0.3) is 6.08 Å². The van der Waals surface area contributed by atoms with Gasteiger partial charge < -0.3 is 18.9 Å². The van der Waals surface area contributed by atoms with Gasteiger partial charge in [0.05, 0.1) is 13.7 Å². The monoisotopic (exact) mass is 457 g/mol. The number of hydrogen-bond donors (Lipinski definition) is 0. The second-order valence-electron chi connectivity index (χ2n) is 7.43. The average molecular weight is 457 g/mol. The zero-order chi connectivity index (χ0) is 24.1. The van der Waals surface area contributed by atoms with Gasteiger partial charge in [0.15, 0.2) is 17.2 Å². The molecule has 0 spiro atoms. The van der Waals surface area contributed by atoms with Crippen LogP contribution in [-0.4, -0.2) is 31.6 Å². The number of benzene rings is 3. The molecular weight excluding hydrogens is 434 g/mol. The third-order valence-corrected chi connectivity index (χ3v) is 5.02.